The number of para-hydroxylation sites is 1. The smallest absolute Gasteiger partial charge is 0.230 e. The Balaban J connectivity index is 1.38. The molecule has 2 N–H and O–H groups in total. The molecular weight excluding hydrogens is 446 g/mol. The van der Waals surface area contributed by atoms with E-state index in [1.165, 1.54) is 11.8 Å². The van der Waals surface area contributed by atoms with Crippen molar-refractivity contribution in [3.63, 3.8) is 0 Å². The highest BCUT2D eigenvalue weighted by atomic mass is 32.2. The van der Waals surface area contributed by atoms with Crippen LogP contribution in [0.3, 0.4) is 0 Å². The van der Waals surface area contributed by atoms with Crippen LogP contribution in [-0.2, 0) is 22.6 Å². The molecule has 172 valence electrons. The molecule has 0 aliphatic rings. The van der Waals surface area contributed by atoms with Crippen LogP contribution in [0.2, 0.25) is 0 Å². The van der Waals surface area contributed by atoms with E-state index >= 15 is 0 Å². The number of hydrogen-bond acceptors (Lipinski definition) is 5. The fourth-order valence-electron chi connectivity index (χ4n) is 3.36. The van der Waals surface area contributed by atoms with E-state index in [1.807, 2.05) is 91.9 Å². The van der Waals surface area contributed by atoms with Crippen LogP contribution in [0.1, 0.15) is 17.0 Å². The molecule has 4 rings (SSSR count). The molecule has 34 heavy (non-hydrogen) atoms. The van der Waals surface area contributed by atoms with Crippen LogP contribution in [0.4, 0.5) is 5.69 Å². The fourth-order valence-corrected chi connectivity index (χ4v) is 4.11. The predicted octanol–water partition coefficient (Wildman–Crippen LogP) is 5.24. The number of benzene rings is 3. The van der Waals surface area contributed by atoms with Crippen LogP contribution < -0.4 is 10.6 Å². The van der Waals surface area contributed by atoms with E-state index in [0.29, 0.717) is 34.3 Å². The van der Waals surface area contributed by atoms with Gasteiger partial charge < -0.3 is 15.1 Å². The van der Waals surface area contributed by atoms with Gasteiger partial charge in [-0.1, -0.05) is 60.7 Å². The number of aromatic nitrogens is 1. The third-order valence-corrected chi connectivity index (χ3v) is 6.11. The molecule has 4 aromatic rings. The zero-order valence-corrected chi connectivity index (χ0v) is 19.6. The lowest BCUT2D eigenvalue weighted by molar-refractivity contribution is -0.118. The summed E-state index contributed by atoms with van der Waals surface area (Å²) in [6, 6.07) is 26.7. The molecule has 0 radical (unpaired) electrons. The van der Waals surface area contributed by atoms with E-state index in [0.717, 1.165) is 10.5 Å². The summed E-state index contributed by atoms with van der Waals surface area (Å²) in [7, 11) is 0. The van der Waals surface area contributed by atoms with E-state index in [4.69, 9.17) is 4.42 Å². The summed E-state index contributed by atoms with van der Waals surface area (Å²) >= 11 is 1.48. The Kier molecular flexibility index (Phi) is 7.78. The molecule has 6 nitrogen and oxygen atoms in total. The number of anilines is 1. The molecule has 0 spiro atoms. The number of hydrogen-bond donors (Lipinski definition) is 2. The quantitative estimate of drug-likeness (QED) is 0.326. The van der Waals surface area contributed by atoms with Gasteiger partial charge in [0, 0.05) is 4.90 Å². The molecule has 0 unspecified atom stereocenters. The maximum atomic E-state index is 12.6. The minimum atomic E-state index is -0.120. The third kappa shape index (κ3) is 6.36. The first-order chi connectivity index (χ1) is 16.6. The minimum absolute atomic E-state index is 0.0774. The van der Waals surface area contributed by atoms with Crippen molar-refractivity contribution >= 4 is 29.3 Å². The summed E-state index contributed by atoms with van der Waals surface area (Å²) in [5, 5.41) is 5.85. The second kappa shape index (κ2) is 11.3. The lowest BCUT2D eigenvalue weighted by Gasteiger charge is -2.09. The SMILES string of the molecule is Cc1oc(-c2ccccc2NC(=O)Cc2ccccc2)nc1CNC(=O)CSc1ccccc1. The van der Waals surface area contributed by atoms with E-state index in [2.05, 4.69) is 15.6 Å². The van der Waals surface area contributed by atoms with Crippen molar-refractivity contribution in [1.29, 1.82) is 0 Å². The van der Waals surface area contributed by atoms with Gasteiger partial charge in [-0.05, 0) is 36.8 Å². The number of nitrogens with one attached hydrogen (secondary N) is 2. The molecule has 0 aliphatic carbocycles. The molecule has 0 atom stereocenters. The lowest BCUT2D eigenvalue weighted by atomic mass is 10.1. The second-order valence-electron chi connectivity index (χ2n) is 7.66. The van der Waals surface area contributed by atoms with Gasteiger partial charge in [0.05, 0.1) is 30.0 Å². The number of oxazole rings is 1. The van der Waals surface area contributed by atoms with Crippen LogP contribution in [-0.4, -0.2) is 22.6 Å². The molecule has 0 bridgehead atoms. The van der Waals surface area contributed by atoms with Gasteiger partial charge in [-0.3, -0.25) is 9.59 Å². The van der Waals surface area contributed by atoms with Gasteiger partial charge in [-0.25, -0.2) is 4.98 Å². The summed E-state index contributed by atoms with van der Waals surface area (Å²) in [5.74, 6) is 1.15. The Labute approximate surface area is 202 Å². The molecule has 1 aromatic heterocycles. The van der Waals surface area contributed by atoms with E-state index in [-0.39, 0.29) is 24.8 Å². The molecule has 2 amide bonds. The van der Waals surface area contributed by atoms with Crippen molar-refractivity contribution in [2.24, 2.45) is 0 Å². The highest BCUT2D eigenvalue weighted by molar-refractivity contribution is 8.00. The van der Waals surface area contributed by atoms with Gasteiger partial charge in [0.1, 0.15) is 11.5 Å². The predicted molar refractivity (Wildman–Crippen MR) is 134 cm³/mol. The molecule has 0 fully saturated rings. The number of aryl methyl sites for hydroxylation is 1. The van der Waals surface area contributed by atoms with Crippen molar-refractivity contribution in [3.8, 4) is 11.5 Å². The lowest BCUT2D eigenvalue weighted by Crippen LogP contribution is -2.25. The number of nitrogens with zero attached hydrogens (tertiary/aromatic N) is 1. The van der Waals surface area contributed by atoms with Crippen LogP contribution in [0.5, 0.6) is 0 Å². The summed E-state index contributed by atoms with van der Waals surface area (Å²) in [4.78, 5) is 30.5. The monoisotopic (exact) mass is 471 g/mol. The normalized spacial score (nSPS) is 10.6. The molecule has 0 saturated carbocycles. The average Bonchev–Trinajstić information content (AvgIpc) is 3.23. The summed E-state index contributed by atoms with van der Waals surface area (Å²) in [5.41, 5.74) is 2.90. The van der Waals surface area contributed by atoms with E-state index in [9.17, 15) is 9.59 Å². The Hall–Kier alpha value is -3.84. The molecule has 0 saturated heterocycles. The highest BCUT2D eigenvalue weighted by Crippen LogP contribution is 2.29. The molecule has 1 heterocycles. The standard InChI is InChI=1S/C27H25N3O3S/c1-19-24(17-28-26(32)18-34-21-12-6-3-7-13-21)30-27(33-19)22-14-8-9-15-23(22)29-25(31)16-20-10-4-2-5-11-20/h2-15H,16-18H2,1H3,(H,28,32)(H,29,31). The number of carbonyl (C=O) groups is 2. The van der Waals surface area contributed by atoms with Gasteiger partial charge in [-0.15, -0.1) is 11.8 Å². The van der Waals surface area contributed by atoms with Crippen molar-refractivity contribution in [2.75, 3.05) is 11.1 Å². The van der Waals surface area contributed by atoms with Gasteiger partial charge in [0.25, 0.3) is 0 Å². The van der Waals surface area contributed by atoms with Gasteiger partial charge in [0.2, 0.25) is 17.7 Å². The van der Waals surface area contributed by atoms with Crippen LogP contribution >= 0.6 is 11.8 Å². The first-order valence-corrected chi connectivity index (χ1v) is 11.9. The largest absolute Gasteiger partial charge is 0.441 e. The summed E-state index contributed by atoms with van der Waals surface area (Å²) in [6.07, 6.45) is 0.276. The minimum Gasteiger partial charge on any atom is -0.441 e. The maximum Gasteiger partial charge on any atom is 0.230 e. The Morgan fingerprint density at radius 2 is 1.56 bits per heavy atom. The maximum absolute atomic E-state index is 12.6. The van der Waals surface area contributed by atoms with E-state index in [1.54, 1.807) is 0 Å². The molecule has 3 aromatic carbocycles. The number of carbonyl (C=O) groups excluding carboxylic acids is 2. The first kappa shape index (κ1) is 23.3. The highest BCUT2D eigenvalue weighted by Gasteiger charge is 2.16. The van der Waals surface area contributed by atoms with Crippen molar-refractivity contribution in [3.05, 3.63) is 102 Å². The summed E-state index contributed by atoms with van der Waals surface area (Å²) in [6.45, 7) is 2.08. The van der Waals surface area contributed by atoms with E-state index < -0.39 is 0 Å². The zero-order chi connectivity index (χ0) is 23.8. The van der Waals surface area contributed by atoms with Crippen LogP contribution in [0.15, 0.2) is 94.2 Å². The third-order valence-electron chi connectivity index (χ3n) is 5.10. The fraction of sp³-hybridized carbons (Fsp3) is 0.148. The molecule has 7 heteroatoms. The van der Waals surface area contributed by atoms with Gasteiger partial charge in [0.15, 0.2) is 0 Å². The zero-order valence-electron chi connectivity index (χ0n) is 18.8. The van der Waals surface area contributed by atoms with Gasteiger partial charge >= 0.3 is 0 Å². The molecule has 0 aliphatic heterocycles. The Morgan fingerprint density at radius 1 is 0.882 bits per heavy atom. The molecular formula is C27H25N3O3S. The van der Waals surface area contributed by atoms with Crippen LogP contribution in [0.25, 0.3) is 11.5 Å². The topological polar surface area (TPSA) is 84.2 Å². The van der Waals surface area contributed by atoms with Crippen molar-refractivity contribution < 1.29 is 14.0 Å². The first-order valence-electron chi connectivity index (χ1n) is 10.9. The summed E-state index contributed by atoms with van der Waals surface area (Å²) < 4.78 is 5.88. The van der Waals surface area contributed by atoms with Crippen molar-refractivity contribution in [1.82, 2.24) is 10.3 Å². The van der Waals surface area contributed by atoms with Gasteiger partial charge in [-0.2, -0.15) is 0 Å². The number of amides is 2. The second-order valence-corrected chi connectivity index (χ2v) is 8.71. The number of thioether (sulfide) groups is 1. The Morgan fingerprint density at radius 3 is 2.32 bits per heavy atom. The number of rotatable bonds is 9. The van der Waals surface area contributed by atoms with Crippen molar-refractivity contribution in [2.45, 2.75) is 24.8 Å². The van der Waals surface area contributed by atoms with Crippen LogP contribution in [0, 0.1) is 6.92 Å². The average molecular weight is 472 g/mol. The Bertz CT molecular complexity index is 1260.